The quantitative estimate of drug-likeness (QED) is 0.190. The summed E-state index contributed by atoms with van der Waals surface area (Å²) in [6, 6.07) is 9.94. The molecule has 0 aliphatic heterocycles. The van der Waals surface area contributed by atoms with Gasteiger partial charge in [-0.2, -0.15) is 0 Å². The van der Waals surface area contributed by atoms with E-state index in [0.29, 0.717) is 32.9 Å². The summed E-state index contributed by atoms with van der Waals surface area (Å²) in [7, 11) is 1.70. The second-order valence-electron chi connectivity index (χ2n) is 6.47. The smallest absolute Gasteiger partial charge is 0.191 e. The highest BCUT2D eigenvalue weighted by atomic mass is 127. The maximum Gasteiger partial charge on any atom is 0.191 e. The number of halogens is 1. The second-order valence-corrected chi connectivity index (χ2v) is 6.47. The van der Waals surface area contributed by atoms with E-state index in [9.17, 15) is 0 Å². The maximum absolute atomic E-state index is 5.94. The number of rotatable bonds is 12. The van der Waals surface area contributed by atoms with Gasteiger partial charge in [0.05, 0.1) is 25.9 Å². The van der Waals surface area contributed by atoms with Gasteiger partial charge in [-0.1, -0.05) is 12.1 Å². The fourth-order valence-corrected chi connectivity index (χ4v) is 2.59. The SMILES string of the molecule is CCNC(=NCc1ccc(C)cc1OCCCOC)NCCOc1cccnc1.I. The summed E-state index contributed by atoms with van der Waals surface area (Å²) in [5.74, 6) is 2.37. The third-order valence-corrected chi connectivity index (χ3v) is 4.02. The Kier molecular flexibility index (Phi) is 13.6. The van der Waals surface area contributed by atoms with Crippen LogP contribution in [0.15, 0.2) is 47.7 Å². The minimum absolute atomic E-state index is 0. The average Bonchev–Trinajstić information content (AvgIpc) is 2.74. The first-order chi connectivity index (χ1) is 14.2. The van der Waals surface area contributed by atoms with E-state index in [-0.39, 0.29) is 24.0 Å². The van der Waals surface area contributed by atoms with Crippen LogP contribution in [0.4, 0.5) is 0 Å². The molecule has 0 aliphatic carbocycles. The molecular formula is C22H33IN4O3. The molecule has 0 fully saturated rings. The second kappa shape index (κ2) is 15.7. The largest absolute Gasteiger partial charge is 0.493 e. The summed E-state index contributed by atoms with van der Waals surface area (Å²) < 4.78 is 16.7. The molecule has 0 saturated carbocycles. The Bertz CT molecular complexity index is 744. The first-order valence-corrected chi connectivity index (χ1v) is 9.99. The minimum atomic E-state index is 0. The van der Waals surface area contributed by atoms with E-state index in [1.54, 1.807) is 19.5 Å². The van der Waals surface area contributed by atoms with E-state index >= 15 is 0 Å². The van der Waals surface area contributed by atoms with Crippen molar-refractivity contribution in [2.24, 2.45) is 4.99 Å². The molecule has 0 bridgehead atoms. The molecule has 30 heavy (non-hydrogen) atoms. The summed E-state index contributed by atoms with van der Waals surface area (Å²) in [6.45, 7) is 7.88. The molecule has 1 heterocycles. The molecular weight excluding hydrogens is 495 g/mol. The van der Waals surface area contributed by atoms with E-state index in [1.165, 1.54) is 0 Å². The van der Waals surface area contributed by atoms with Crippen LogP contribution in [0.1, 0.15) is 24.5 Å². The van der Waals surface area contributed by atoms with Gasteiger partial charge in [-0.15, -0.1) is 24.0 Å². The van der Waals surface area contributed by atoms with Gasteiger partial charge in [-0.25, -0.2) is 4.99 Å². The van der Waals surface area contributed by atoms with Crippen molar-refractivity contribution in [3.8, 4) is 11.5 Å². The summed E-state index contributed by atoms with van der Waals surface area (Å²) in [5, 5.41) is 6.54. The topological polar surface area (TPSA) is 77.0 Å². The number of hydrogen-bond acceptors (Lipinski definition) is 5. The number of aryl methyl sites for hydroxylation is 1. The van der Waals surface area contributed by atoms with Crippen molar-refractivity contribution < 1.29 is 14.2 Å². The van der Waals surface area contributed by atoms with E-state index in [2.05, 4.69) is 45.7 Å². The molecule has 0 saturated heterocycles. The van der Waals surface area contributed by atoms with Crippen LogP contribution in [-0.2, 0) is 11.3 Å². The van der Waals surface area contributed by atoms with Crippen LogP contribution in [0.25, 0.3) is 0 Å². The molecule has 1 aromatic heterocycles. The van der Waals surface area contributed by atoms with Gasteiger partial charge >= 0.3 is 0 Å². The Morgan fingerprint density at radius 1 is 1.10 bits per heavy atom. The van der Waals surface area contributed by atoms with Gasteiger partial charge in [0.2, 0.25) is 0 Å². The van der Waals surface area contributed by atoms with Crippen molar-refractivity contribution in [3.63, 3.8) is 0 Å². The lowest BCUT2D eigenvalue weighted by atomic mass is 10.1. The molecule has 0 aliphatic rings. The number of benzene rings is 1. The number of hydrogen-bond donors (Lipinski definition) is 2. The van der Waals surface area contributed by atoms with Gasteiger partial charge in [-0.3, -0.25) is 4.98 Å². The van der Waals surface area contributed by atoms with E-state index in [4.69, 9.17) is 14.2 Å². The van der Waals surface area contributed by atoms with Crippen molar-refractivity contribution >= 4 is 29.9 Å². The van der Waals surface area contributed by atoms with Crippen molar-refractivity contribution in [1.29, 1.82) is 0 Å². The van der Waals surface area contributed by atoms with Crippen molar-refractivity contribution in [3.05, 3.63) is 53.9 Å². The Labute approximate surface area is 196 Å². The lowest BCUT2D eigenvalue weighted by Crippen LogP contribution is -2.39. The lowest BCUT2D eigenvalue weighted by molar-refractivity contribution is 0.172. The summed E-state index contributed by atoms with van der Waals surface area (Å²) >= 11 is 0. The van der Waals surface area contributed by atoms with E-state index in [1.807, 2.05) is 19.1 Å². The number of aromatic nitrogens is 1. The zero-order valence-electron chi connectivity index (χ0n) is 18.0. The highest BCUT2D eigenvalue weighted by Gasteiger charge is 2.05. The molecule has 1 aromatic carbocycles. The highest BCUT2D eigenvalue weighted by Crippen LogP contribution is 2.21. The van der Waals surface area contributed by atoms with Crippen LogP contribution in [0.5, 0.6) is 11.5 Å². The van der Waals surface area contributed by atoms with Crippen LogP contribution in [0, 0.1) is 6.92 Å². The molecule has 0 radical (unpaired) electrons. The first kappa shape index (κ1) is 26.0. The standard InChI is InChI=1S/C22H32N4O3.HI/c1-4-24-22(25-11-14-28-20-7-5-10-23-17-20)26-16-19-9-8-18(2)15-21(19)29-13-6-12-27-3;/h5,7-10,15,17H,4,6,11-14,16H2,1-3H3,(H2,24,25,26);1H. The van der Waals surface area contributed by atoms with Crippen molar-refractivity contribution in [1.82, 2.24) is 15.6 Å². The van der Waals surface area contributed by atoms with Gasteiger partial charge in [-0.05, 0) is 37.6 Å². The van der Waals surface area contributed by atoms with Crippen LogP contribution in [-0.4, -0.2) is 51.0 Å². The molecule has 7 nitrogen and oxygen atoms in total. The Morgan fingerprint density at radius 3 is 2.70 bits per heavy atom. The third-order valence-electron chi connectivity index (χ3n) is 4.02. The number of nitrogens with zero attached hydrogens (tertiary/aromatic N) is 2. The molecule has 2 N–H and O–H groups in total. The van der Waals surface area contributed by atoms with Gasteiger partial charge in [0.15, 0.2) is 5.96 Å². The summed E-state index contributed by atoms with van der Waals surface area (Å²) in [5.41, 5.74) is 2.22. The number of aliphatic imine (C=N–C) groups is 1. The zero-order valence-corrected chi connectivity index (χ0v) is 20.3. The first-order valence-electron chi connectivity index (χ1n) is 9.99. The zero-order chi connectivity index (χ0) is 20.7. The molecule has 166 valence electrons. The Hall–Kier alpha value is -2.07. The third kappa shape index (κ3) is 10.1. The number of pyridine rings is 1. The minimum Gasteiger partial charge on any atom is -0.493 e. The average molecular weight is 528 g/mol. The van der Waals surface area contributed by atoms with Crippen LogP contribution >= 0.6 is 24.0 Å². The van der Waals surface area contributed by atoms with Crippen LogP contribution in [0.3, 0.4) is 0 Å². The Morgan fingerprint density at radius 2 is 1.97 bits per heavy atom. The normalized spacial score (nSPS) is 10.8. The maximum atomic E-state index is 5.94. The molecule has 0 spiro atoms. The monoisotopic (exact) mass is 528 g/mol. The predicted octanol–water partition coefficient (Wildman–Crippen LogP) is 3.56. The van der Waals surface area contributed by atoms with Gasteiger partial charge in [0.25, 0.3) is 0 Å². The molecule has 2 rings (SSSR count). The molecule has 0 amide bonds. The molecule has 0 unspecified atom stereocenters. The number of guanidine groups is 1. The number of methoxy groups -OCH3 is 1. The van der Waals surface area contributed by atoms with E-state index in [0.717, 1.165) is 41.6 Å². The van der Waals surface area contributed by atoms with Crippen molar-refractivity contribution in [2.75, 3.05) is 40.0 Å². The fraction of sp³-hybridized carbons (Fsp3) is 0.455. The van der Waals surface area contributed by atoms with Crippen molar-refractivity contribution in [2.45, 2.75) is 26.8 Å². The fourth-order valence-electron chi connectivity index (χ4n) is 2.59. The summed E-state index contributed by atoms with van der Waals surface area (Å²) in [4.78, 5) is 8.72. The molecule has 8 heteroatoms. The summed E-state index contributed by atoms with van der Waals surface area (Å²) in [6.07, 6.45) is 4.28. The predicted molar refractivity (Wildman–Crippen MR) is 131 cm³/mol. The number of ether oxygens (including phenoxy) is 3. The molecule has 0 atom stereocenters. The van der Waals surface area contributed by atoms with Gasteiger partial charge in [0, 0.05) is 38.4 Å². The van der Waals surface area contributed by atoms with Crippen LogP contribution < -0.4 is 20.1 Å². The van der Waals surface area contributed by atoms with Gasteiger partial charge < -0.3 is 24.8 Å². The number of nitrogens with one attached hydrogen (secondary N) is 2. The van der Waals surface area contributed by atoms with Gasteiger partial charge in [0.1, 0.15) is 18.1 Å². The van der Waals surface area contributed by atoms with E-state index < -0.39 is 0 Å². The lowest BCUT2D eigenvalue weighted by Gasteiger charge is -2.14. The highest BCUT2D eigenvalue weighted by molar-refractivity contribution is 14.0. The Balaban J connectivity index is 0.00000450. The molecule has 2 aromatic rings. The van der Waals surface area contributed by atoms with Crippen LogP contribution in [0.2, 0.25) is 0 Å².